The van der Waals surface area contributed by atoms with Crippen LogP contribution >= 0.6 is 15.9 Å². The first-order chi connectivity index (χ1) is 7.18. The molecule has 0 aliphatic heterocycles. The van der Waals surface area contributed by atoms with Crippen LogP contribution in [0.25, 0.3) is 0 Å². The Kier molecular flexibility index (Phi) is 5.18. The summed E-state index contributed by atoms with van der Waals surface area (Å²) in [7, 11) is 0. The largest absolute Gasteiger partial charge is 0.494 e. The summed E-state index contributed by atoms with van der Waals surface area (Å²) in [6.45, 7) is 0.676. The molecule has 4 heteroatoms. The highest BCUT2D eigenvalue weighted by atomic mass is 79.9. The van der Waals surface area contributed by atoms with Crippen molar-refractivity contribution in [2.24, 2.45) is 5.73 Å². The maximum Gasteiger partial charge on any atom is 0.119 e. The fourth-order valence-corrected chi connectivity index (χ4v) is 1.40. The molecule has 0 fully saturated rings. The molecule has 0 saturated heterocycles. The summed E-state index contributed by atoms with van der Waals surface area (Å²) >= 11 is 3.36. The van der Waals surface area contributed by atoms with E-state index >= 15 is 0 Å². The maximum atomic E-state index is 7.05. The van der Waals surface area contributed by atoms with Crippen molar-refractivity contribution in [3.05, 3.63) is 28.7 Å². The third-order valence-corrected chi connectivity index (χ3v) is 2.45. The highest BCUT2D eigenvalue weighted by Crippen LogP contribution is 2.16. The van der Waals surface area contributed by atoms with E-state index in [0.717, 1.165) is 23.1 Å². The van der Waals surface area contributed by atoms with Crippen molar-refractivity contribution in [3.8, 4) is 5.75 Å². The summed E-state index contributed by atoms with van der Waals surface area (Å²) < 4.78 is 6.56. The second-order valence-electron chi connectivity index (χ2n) is 3.28. The van der Waals surface area contributed by atoms with E-state index in [4.69, 9.17) is 15.9 Å². The molecule has 3 nitrogen and oxygen atoms in total. The van der Waals surface area contributed by atoms with E-state index in [1.165, 1.54) is 0 Å². The fraction of sp³-hybridized carbons (Fsp3) is 0.364. The van der Waals surface area contributed by atoms with Gasteiger partial charge in [0.2, 0.25) is 0 Å². The molecule has 1 rings (SSSR count). The van der Waals surface area contributed by atoms with Crippen molar-refractivity contribution < 1.29 is 4.74 Å². The molecule has 1 aromatic carbocycles. The molecule has 0 amide bonds. The summed E-state index contributed by atoms with van der Waals surface area (Å²) in [4.78, 5) is 0. The average Bonchev–Trinajstić information content (AvgIpc) is 2.20. The first kappa shape index (κ1) is 12.0. The van der Waals surface area contributed by atoms with Crippen molar-refractivity contribution in [1.29, 1.82) is 5.41 Å². The van der Waals surface area contributed by atoms with Gasteiger partial charge < -0.3 is 10.5 Å². The number of rotatable bonds is 6. The van der Waals surface area contributed by atoms with Gasteiger partial charge in [0, 0.05) is 10.9 Å². The third kappa shape index (κ3) is 5.42. The van der Waals surface area contributed by atoms with Gasteiger partial charge in [0.1, 0.15) is 5.75 Å². The van der Waals surface area contributed by atoms with Crippen LogP contribution in [-0.4, -0.2) is 12.4 Å². The van der Waals surface area contributed by atoms with Gasteiger partial charge in [-0.3, -0.25) is 5.41 Å². The van der Waals surface area contributed by atoms with Crippen LogP contribution in [0.2, 0.25) is 0 Å². The van der Waals surface area contributed by atoms with Crippen molar-refractivity contribution in [2.45, 2.75) is 19.3 Å². The molecule has 0 unspecified atom stereocenters. The van der Waals surface area contributed by atoms with Gasteiger partial charge in [-0.1, -0.05) is 15.9 Å². The lowest BCUT2D eigenvalue weighted by Crippen LogP contribution is -2.09. The number of hydrogen-bond acceptors (Lipinski definition) is 2. The van der Waals surface area contributed by atoms with Crippen molar-refractivity contribution in [3.63, 3.8) is 0 Å². The van der Waals surface area contributed by atoms with Crippen molar-refractivity contribution in [1.82, 2.24) is 0 Å². The van der Waals surface area contributed by atoms with Gasteiger partial charge in [-0.25, -0.2) is 0 Å². The second-order valence-corrected chi connectivity index (χ2v) is 4.20. The van der Waals surface area contributed by atoms with Gasteiger partial charge in [0.05, 0.1) is 12.4 Å². The molecule has 15 heavy (non-hydrogen) atoms. The van der Waals surface area contributed by atoms with Crippen LogP contribution in [0.4, 0.5) is 0 Å². The standard InChI is InChI=1S/C11H15BrN2O/c12-9-4-6-10(7-5-9)15-8-2-1-3-11(13)14/h4-7H,1-3,8H2,(H3,13,14). The summed E-state index contributed by atoms with van der Waals surface area (Å²) in [5, 5.41) is 7.05. The van der Waals surface area contributed by atoms with Crippen LogP contribution in [0.1, 0.15) is 19.3 Å². The molecule has 0 bridgehead atoms. The number of unbranched alkanes of at least 4 members (excludes halogenated alkanes) is 1. The lowest BCUT2D eigenvalue weighted by Gasteiger charge is -2.05. The monoisotopic (exact) mass is 270 g/mol. The molecule has 0 aliphatic rings. The third-order valence-electron chi connectivity index (χ3n) is 1.92. The minimum Gasteiger partial charge on any atom is -0.494 e. The molecular formula is C11H15BrN2O. The molecule has 82 valence electrons. The zero-order valence-corrected chi connectivity index (χ0v) is 10.1. The molecule has 0 aromatic heterocycles. The molecular weight excluding hydrogens is 256 g/mol. The van der Waals surface area contributed by atoms with Gasteiger partial charge in [-0.2, -0.15) is 0 Å². The molecule has 0 atom stereocenters. The zero-order valence-electron chi connectivity index (χ0n) is 8.50. The topological polar surface area (TPSA) is 59.1 Å². The molecule has 0 saturated carbocycles. The Balaban J connectivity index is 2.15. The smallest absolute Gasteiger partial charge is 0.119 e. The van der Waals surface area contributed by atoms with Gasteiger partial charge in [-0.05, 0) is 37.1 Å². The van der Waals surface area contributed by atoms with E-state index in [9.17, 15) is 0 Å². The summed E-state index contributed by atoms with van der Waals surface area (Å²) in [6.07, 6.45) is 2.49. The molecule has 3 N–H and O–H groups in total. The van der Waals surface area contributed by atoms with Crippen molar-refractivity contribution >= 4 is 21.8 Å². The minimum absolute atomic E-state index is 0.249. The Hall–Kier alpha value is -1.03. The molecule has 0 heterocycles. The van der Waals surface area contributed by atoms with Gasteiger partial charge >= 0.3 is 0 Å². The van der Waals surface area contributed by atoms with Crippen molar-refractivity contribution in [2.75, 3.05) is 6.61 Å². The highest BCUT2D eigenvalue weighted by molar-refractivity contribution is 9.10. The molecule has 0 radical (unpaired) electrons. The van der Waals surface area contributed by atoms with Crippen LogP contribution in [-0.2, 0) is 0 Å². The average molecular weight is 271 g/mol. The normalized spacial score (nSPS) is 9.93. The first-order valence-electron chi connectivity index (χ1n) is 4.90. The van der Waals surface area contributed by atoms with Crippen LogP contribution in [0.3, 0.4) is 0 Å². The lowest BCUT2D eigenvalue weighted by atomic mass is 10.2. The van der Waals surface area contributed by atoms with Crippen LogP contribution < -0.4 is 10.5 Å². The number of nitrogens with two attached hydrogens (primary N) is 1. The summed E-state index contributed by atoms with van der Waals surface area (Å²) in [5.74, 6) is 1.12. The fourth-order valence-electron chi connectivity index (χ4n) is 1.14. The highest BCUT2D eigenvalue weighted by Gasteiger charge is 1.94. The Morgan fingerprint density at radius 2 is 1.93 bits per heavy atom. The van der Waals surface area contributed by atoms with Gasteiger partial charge in [0.25, 0.3) is 0 Å². The molecule has 0 aliphatic carbocycles. The maximum absolute atomic E-state index is 7.05. The van der Waals surface area contributed by atoms with E-state index < -0.39 is 0 Å². The predicted octanol–water partition coefficient (Wildman–Crippen LogP) is 2.93. The predicted molar refractivity (Wildman–Crippen MR) is 65.4 cm³/mol. The quantitative estimate of drug-likeness (QED) is 0.474. The second kappa shape index (κ2) is 6.45. The summed E-state index contributed by atoms with van der Waals surface area (Å²) in [6, 6.07) is 7.75. The van der Waals surface area contributed by atoms with E-state index in [1.807, 2.05) is 24.3 Å². The van der Waals surface area contributed by atoms with Crippen LogP contribution in [0.15, 0.2) is 28.7 Å². The van der Waals surface area contributed by atoms with E-state index in [2.05, 4.69) is 15.9 Å². The number of halogens is 1. The van der Waals surface area contributed by atoms with Gasteiger partial charge in [0.15, 0.2) is 0 Å². The van der Waals surface area contributed by atoms with Gasteiger partial charge in [-0.15, -0.1) is 0 Å². The lowest BCUT2D eigenvalue weighted by molar-refractivity contribution is 0.308. The Bertz CT molecular complexity index is 311. The number of hydrogen-bond donors (Lipinski definition) is 2. The Labute approximate surface area is 98.3 Å². The van der Waals surface area contributed by atoms with E-state index in [1.54, 1.807) is 0 Å². The number of benzene rings is 1. The van der Waals surface area contributed by atoms with E-state index in [0.29, 0.717) is 13.0 Å². The molecule has 1 aromatic rings. The van der Waals surface area contributed by atoms with Crippen LogP contribution in [0.5, 0.6) is 5.75 Å². The number of amidine groups is 1. The minimum atomic E-state index is 0.249. The Morgan fingerprint density at radius 3 is 2.53 bits per heavy atom. The first-order valence-corrected chi connectivity index (χ1v) is 5.69. The number of nitrogens with one attached hydrogen (secondary N) is 1. The van der Waals surface area contributed by atoms with E-state index in [-0.39, 0.29) is 5.84 Å². The Morgan fingerprint density at radius 1 is 1.27 bits per heavy atom. The summed E-state index contributed by atoms with van der Waals surface area (Å²) in [5.41, 5.74) is 5.24. The number of ether oxygens (including phenoxy) is 1. The molecule has 0 spiro atoms. The van der Waals surface area contributed by atoms with Crippen LogP contribution in [0, 0.1) is 5.41 Å². The SMILES string of the molecule is N=C(N)CCCCOc1ccc(Br)cc1. The zero-order chi connectivity index (χ0) is 11.1.